The summed E-state index contributed by atoms with van der Waals surface area (Å²) >= 11 is 0. The molecule has 2 atom stereocenters. The molecule has 0 aliphatic carbocycles. The van der Waals surface area contributed by atoms with Crippen LogP contribution >= 0.6 is 0 Å². The van der Waals surface area contributed by atoms with Gasteiger partial charge in [0.15, 0.2) is 23.0 Å². The highest BCUT2D eigenvalue weighted by Gasteiger charge is 2.47. The van der Waals surface area contributed by atoms with E-state index < -0.39 is 29.9 Å². The number of ether oxygens (including phenoxy) is 6. The van der Waals surface area contributed by atoms with Gasteiger partial charge in [0.25, 0.3) is 0 Å². The molecule has 11 heteroatoms. The van der Waals surface area contributed by atoms with E-state index in [1.54, 1.807) is 12.1 Å². The van der Waals surface area contributed by atoms with Crippen molar-refractivity contribution < 1.29 is 46.4 Å². The van der Waals surface area contributed by atoms with Gasteiger partial charge in [0.1, 0.15) is 11.7 Å². The van der Waals surface area contributed by atoms with Crippen molar-refractivity contribution >= 4 is 5.97 Å². The summed E-state index contributed by atoms with van der Waals surface area (Å²) in [5.74, 6) is 1.34. The van der Waals surface area contributed by atoms with Crippen LogP contribution in [-0.2, 0) is 17.3 Å². The topological polar surface area (TPSA) is 75.7 Å². The van der Waals surface area contributed by atoms with Gasteiger partial charge in [-0.05, 0) is 42.8 Å². The molecule has 40 heavy (non-hydrogen) atoms. The third-order valence-corrected chi connectivity index (χ3v) is 7.72. The van der Waals surface area contributed by atoms with Crippen molar-refractivity contribution in [1.82, 2.24) is 4.90 Å². The normalized spacial score (nSPS) is 19.6. The van der Waals surface area contributed by atoms with E-state index in [4.69, 9.17) is 28.4 Å². The van der Waals surface area contributed by atoms with Gasteiger partial charge >= 0.3 is 12.1 Å². The molecule has 0 bridgehead atoms. The van der Waals surface area contributed by atoms with Gasteiger partial charge in [-0.3, -0.25) is 4.90 Å². The lowest BCUT2D eigenvalue weighted by atomic mass is 9.81. The maximum atomic E-state index is 13.3. The van der Waals surface area contributed by atoms with Crippen LogP contribution in [0.15, 0.2) is 36.4 Å². The predicted molar refractivity (Wildman–Crippen MR) is 136 cm³/mol. The fourth-order valence-corrected chi connectivity index (χ4v) is 5.96. The zero-order valence-corrected chi connectivity index (χ0v) is 22.2. The number of cyclic esters (lactones) is 1. The Hall–Kier alpha value is -4.12. The number of hydrogen-bond acceptors (Lipinski definition) is 8. The molecule has 3 aliphatic heterocycles. The first-order chi connectivity index (χ1) is 19.2. The molecule has 8 nitrogen and oxygen atoms in total. The van der Waals surface area contributed by atoms with E-state index in [-0.39, 0.29) is 18.1 Å². The number of alkyl halides is 3. The minimum absolute atomic E-state index is 0.0685. The third kappa shape index (κ3) is 3.82. The summed E-state index contributed by atoms with van der Waals surface area (Å²) in [7, 11) is 6.38. The maximum absolute atomic E-state index is 13.3. The lowest BCUT2D eigenvalue weighted by Gasteiger charge is -2.39. The van der Waals surface area contributed by atoms with Crippen molar-refractivity contribution in [2.75, 3.05) is 41.7 Å². The molecule has 3 heterocycles. The Morgan fingerprint density at radius 1 is 0.900 bits per heavy atom. The van der Waals surface area contributed by atoms with Crippen LogP contribution in [0.1, 0.15) is 44.8 Å². The van der Waals surface area contributed by atoms with Crippen molar-refractivity contribution in [2.45, 2.75) is 24.7 Å². The van der Waals surface area contributed by atoms with Gasteiger partial charge < -0.3 is 28.4 Å². The van der Waals surface area contributed by atoms with Crippen LogP contribution in [0.3, 0.4) is 0 Å². The van der Waals surface area contributed by atoms with Gasteiger partial charge in [-0.25, -0.2) is 4.79 Å². The van der Waals surface area contributed by atoms with Crippen LogP contribution in [0, 0.1) is 0 Å². The molecule has 6 rings (SSSR count). The van der Waals surface area contributed by atoms with Crippen molar-refractivity contribution in [2.24, 2.45) is 0 Å². The van der Waals surface area contributed by atoms with Crippen molar-refractivity contribution in [3.05, 3.63) is 64.2 Å². The lowest BCUT2D eigenvalue weighted by Crippen LogP contribution is -2.36. The first kappa shape index (κ1) is 26.1. The molecule has 3 aromatic carbocycles. The van der Waals surface area contributed by atoms with Gasteiger partial charge in [0, 0.05) is 23.2 Å². The van der Waals surface area contributed by atoms with E-state index in [1.165, 1.54) is 33.5 Å². The Morgan fingerprint density at radius 3 is 2.25 bits per heavy atom. The molecule has 0 saturated heterocycles. The quantitative estimate of drug-likeness (QED) is 0.377. The van der Waals surface area contributed by atoms with E-state index in [9.17, 15) is 18.0 Å². The number of methoxy groups -OCH3 is 3. The van der Waals surface area contributed by atoms with Gasteiger partial charge in [-0.1, -0.05) is 18.2 Å². The molecule has 0 spiro atoms. The molecule has 1 unspecified atom stereocenters. The summed E-state index contributed by atoms with van der Waals surface area (Å²) in [6.07, 6.45) is -4.65. The minimum Gasteiger partial charge on any atom is -0.493 e. The molecule has 0 radical (unpaired) electrons. The molecule has 0 fully saturated rings. The SMILES string of the molecule is COc1ccc2c(c1OC)C(=O)OC2[C@H]1c2c(c(-c3ccc(C(F)(F)F)cc3)c3c(c2OC)OCO3)CCN1C. The summed E-state index contributed by atoms with van der Waals surface area (Å²) in [4.78, 5) is 15.2. The van der Waals surface area contributed by atoms with Crippen molar-refractivity contribution in [1.29, 1.82) is 0 Å². The number of rotatable bonds is 5. The Kier molecular flexibility index (Phi) is 6.21. The summed E-state index contributed by atoms with van der Waals surface area (Å²) in [5, 5.41) is 0. The number of carbonyl (C=O) groups excluding carboxylic acids is 1. The van der Waals surface area contributed by atoms with E-state index >= 15 is 0 Å². The molecule has 0 saturated carbocycles. The number of fused-ring (bicyclic) bond motifs is 3. The highest BCUT2D eigenvalue weighted by Crippen LogP contribution is 2.59. The highest BCUT2D eigenvalue weighted by molar-refractivity contribution is 5.98. The van der Waals surface area contributed by atoms with Crippen molar-refractivity contribution in [3.8, 4) is 39.9 Å². The summed E-state index contributed by atoms with van der Waals surface area (Å²) in [5.41, 5.74) is 2.89. The molecule has 0 aromatic heterocycles. The molecule has 3 aliphatic rings. The number of nitrogens with zero attached hydrogens (tertiary/aromatic N) is 1. The molecular formula is C29H26F3NO7. The van der Waals surface area contributed by atoms with Gasteiger partial charge in [0.2, 0.25) is 12.5 Å². The Labute approximate surface area is 228 Å². The monoisotopic (exact) mass is 557 g/mol. The van der Waals surface area contributed by atoms with Crippen LogP contribution in [0.2, 0.25) is 0 Å². The average molecular weight is 558 g/mol. The minimum atomic E-state index is -4.46. The standard InChI is InChI=1S/C29H26F3NO7/c1-33-12-11-16-19(14-5-7-15(8-6-14)29(30,31)32)26-27(39-13-38-26)25(37-4)20(16)22(33)23-17-9-10-18(35-2)24(36-3)21(17)28(34)40-23/h5-10,22-23H,11-13H2,1-4H3/t22-,23?/m1/s1. The Morgan fingerprint density at radius 2 is 1.60 bits per heavy atom. The first-order valence-corrected chi connectivity index (χ1v) is 12.6. The second kappa shape index (κ2) is 9.51. The fraction of sp³-hybridized carbons (Fsp3) is 0.345. The van der Waals surface area contributed by atoms with Crippen LogP contribution in [0.4, 0.5) is 13.2 Å². The number of hydrogen-bond donors (Lipinski definition) is 0. The van der Waals surface area contributed by atoms with Gasteiger partial charge in [0.05, 0.1) is 32.9 Å². The first-order valence-electron chi connectivity index (χ1n) is 12.6. The van der Waals surface area contributed by atoms with Crippen LogP contribution in [0.5, 0.6) is 28.7 Å². The highest BCUT2D eigenvalue weighted by atomic mass is 19.4. The molecular weight excluding hydrogens is 531 g/mol. The van der Waals surface area contributed by atoms with Crippen molar-refractivity contribution in [3.63, 3.8) is 0 Å². The summed E-state index contributed by atoms with van der Waals surface area (Å²) in [6.45, 7) is 0.506. The molecule has 0 amide bonds. The number of benzene rings is 3. The molecule has 210 valence electrons. The third-order valence-electron chi connectivity index (χ3n) is 7.72. The molecule has 0 N–H and O–H groups in total. The lowest BCUT2D eigenvalue weighted by molar-refractivity contribution is -0.137. The Balaban J connectivity index is 1.57. The zero-order chi connectivity index (χ0) is 28.3. The van der Waals surface area contributed by atoms with Crippen LogP contribution < -0.4 is 23.7 Å². The van der Waals surface area contributed by atoms with E-state index in [0.717, 1.165) is 23.3 Å². The zero-order valence-electron chi connectivity index (χ0n) is 22.2. The number of carbonyl (C=O) groups is 1. The smallest absolute Gasteiger partial charge is 0.416 e. The number of likely N-dealkylation sites (N-methyl/N-ethyl adjacent to an activating group) is 1. The van der Waals surface area contributed by atoms with Crippen LogP contribution in [-0.4, -0.2) is 52.6 Å². The van der Waals surface area contributed by atoms with E-state index in [1.807, 2.05) is 7.05 Å². The molecule has 3 aromatic rings. The number of halogens is 3. The van der Waals surface area contributed by atoms with Crippen LogP contribution in [0.25, 0.3) is 11.1 Å². The fourth-order valence-electron chi connectivity index (χ4n) is 5.96. The summed E-state index contributed by atoms with van der Waals surface area (Å²) in [6, 6.07) is 7.96. The maximum Gasteiger partial charge on any atom is 0.416 e. The van der Waals surface area contributed by atoms with Gasteiger partial charge in [-0.2, -0.15) is 13.2 Å². The second-order valence-corrected chi connectivity index (χ2v) is 9.71. The number of esters is 1. The summed E-state index contributed by atoms with van der Waals surface area (Å²) < 4.78 is 74.4. The second-order valence-electron chi connectivity index (χ2n) is 9.71. The Bertz CT molecular complexity index is 1500. The van der Waals surface area contributed by atoms with E-state index in [0.29, 0.717) is 52.7 Å². The predicted octanol–water partition coefficient (Wildman–Crippen LogP) is 5.57. The van der Waals surface area contributed by atoms with E-state index in [2.05, 4.69) is 4.90 Å². The van der Waals surface area contributed by atoms with Gasteiger partial charge in [-0.15, -0.1) is 0 Å². The average Bonchev–Trinajstić information content (AvgIpc) is 3.55. The largest absolute Gasteiger partial charge is 0.493 e.